The number of nitrogen functional groups attached to an aromatic ring is 1. The van der Waals surface area contributed by atoms with Crippen LogP contribution in [0, 0.1) is 10.7 Å². The summed E-state index contributed by atoms with van der Waals surface area (Å²) in [6.45, 7) is 4.50. The van der Waals surface area contributed by atoms with Crippen LogP contribution >= 0.6 is 12.2 Å². The topological polar surface area (TPSA) is 67.6 Å². The van der Waals surface area contributed by atoms with E-state index in [9.17, 15) is 0 Å². The van der Waals surface area contributed by atoms with E-state index in [0.29, 0.717) is 16.6 Å². The van der Waals surface area contributed by atoms with Gasteiger partial charge in [-0.05, 0) is 37.4 Å². The highest BCUT2D eigenvalue weighted by molar-refractivity contribution is 7.71. The fourth-order valence-corrected chi connectivity index (χ4v) is 3.21. The van der Waals surface area contributed by atoms with Gasteiger partial charge in [-0.3, -0.25) is 0 Å². The number of hydrogen-bond acceptors (Lipinski definition) is 4. The molecular weight excluding hydrogens is 232 g/mol. The lowest BCUT2D eigenvalue weighted by atomic mass is 9.78. The van der Waals surface area contributed by atoms with Crippen molar-refractivity contribution in [3.05, 3.63) is 10.6 Å². The maximum atomic E-state index is 5.74. The highest BCUT2D eigenvalue weighted by atomic mass is 32.1. The van der Waals surface area contributed by atoms with E-state index in [1.54, 1.807) is 0 Å². The maximum absolute atomic E-state index is 5.74. The molecule has 1 fully saturated rings. The van der Waals surface area contributed by atoms with Crippen molar-refractivity contribution >= 4 is 18.2 Å². The molecule has 0 spiro atoms. The number of nitrogens with one attached hydrogen (secondary N) is 1. The number of anilines is 1. The Hall–Kier alpha value is -0.970. The molecule has 1 aromatic rings. The van der Waals surface area contributed by atoms with E-state index in [2.05, 4.69) is 28.8 Å². The van der Waals surface area contributed by atoms with Crippen LogP contribution in [0.2, 0.25) is 0 Å². The van der Waals surface area contributed by atoms with E-state index in [1.807, 2.05) is 0 Å². The van der Waals surface area contributed by atoms with Gasteiger partial charge in [-0.15, -0.1) is 0 Å². The Morgan fingerprint density at radius 3 is 2.53 bits per heavy atom. The highest BCUT2D eigenvalue weighted by Gasteiger charge is 2.38. The van der Waals surface area contributed by atoms with E-state index in [0.717, 1.165) is 12.2 Å². The summed E-state index contributed by atoms with van der Waals surface area (Å²) in [6.07, 6.45) is 6.00. The van der Waals surface area contributed by atoms with Crippen molar-refractivity contribution in [2.24, 2.45) is 5.92 Å². The van der Waals surface area contributed by atoms with Gasteiger partial charge in [-0.2, -0.15) is 4.98 Å². The molecule has 0 atom stereocenters. The second-order valence-electron chi connectivity index (χ2n) is 5.45. The normalized spacial score (nSPS) is 18.8. The number of aromatic amines is 1. The van der Waals surface area contributed by atoms with Gasteiger partial charge in [-0.1, -0.05) is 26.7 Å². The SMILES string of the molecule is CC(C)CC1(c2nc(=S)nc(N)[nH]2)CCCC1. The molecule has 0 radical (unpaired) electrons. The molecule has 0 amide bonds. The molecule has 1 aliphatic rings. The minimum atomic E-state index is 0.138. The summed E-state index contributed by atoms with van der Waals surface area (Å²) in [5, 5.41) is 0. The lowest BCUT2D eigenvalue weighted by molar-refractivity contribution is 0.328. The molecule has 1 aromatic heterocycles. The van der Waals surface area contributed by atoms with Crippen molar-refractivity contribution < 1.29 is 0 Å². The van der Waals surface area contributed by atoms with E-state index in [1.165, 1.54) is 25.7 Å². The van der Waals surface area contributed by atoms with Crippen molar-refractivity contribution in [3.63, 3.8) is 0 Å². The van der Waals surface area contributed by atoms with Gasteiger partial charge in [0, 0.05) is 5.41 Å². The third-order valence-corrected chi connectivity index (χ3v) is 3.71. The smallest absolute Gasteiger partial charge is 0.224 e. The Balaban J connectivity index is 2.41. The van der Waals surface area contributed by atoms with E-state index in [-0.39, 0.29) is 5.41 Å². The number of aromatic nitrogens is 3. The van der Waals surface area contributed by atoms with Crippen molar-refractivity contribution in [1.29, 1.82) is 0 Å². The van der Waals surface area contributed by atoms with Gasteiger partial charge in [0.05, 0.1) is 0 Å². The molecule has 1 saturated carbocycles. The predicted molar refractivity (Wildman–Crippen MR) is 71.2 cm³/mol. The van der Waals surface area contributed by atoms with Crippen molar-refractivity contribution in [1.82, 2.24) is 15.0 Å². The number of nitrogens with two attached hydrogens (primary N) is 1. The van der Waals surface area contributed by atoms with Gasteiger partial charge in [0.2, 0.25) is 10.7 Å². The van der Waals surface area contributed by atoms with Crippen molar-refractivity contribution in [2.75, 3.05) is 5.73 Å². The minimum Gasteiger partial charge on any atom is -0.369 e. The van der Waals surface area contributed by atoms with Crippen LogP contribution in [-0.2, 0) is 5.41 Å². The van der Waals surface area contributed by atoms with Gasteiger partial charge in [0.25, 0.3) is 0 Å². The van der Waals surface area contributed by atoms with Gasteiger partial charge >= 0.3 is 0 Å². The molecule has 0 aliphatic heterocycles. The Bertz CT molecular complexity index is 446. The molecular formula is C12H20N4S. The summed E-state index contributed by atoms with van der Waals surface area (Å²) in [5.41, 5.74) is 5.88. The minimum absolute atomic E-state index is 0.138. The summed E-state index contributed by atoms with van der Waals surface area (Å²) < 4.78 is 0.353. The average Bonchev–Trinajstić information content (AvgIpc) is 2.65. The van der Waals surface area contributed by atoms with E-state index < -0.39 is 0 Å². The molecule has 0 aromatic carbocycles. The van der Waals surface area contributed by atoms with Gasteiger partial charge in [0.15, 0.2) is 0 Å². The number of rotatable bonds is 3. The van der Waals surface area contributed by atoms with Crippen LogP contribution in [0.1, 0.15) is 51.8 Å². The second-order valence-corrected chi connectivity index (χ2v) is 5.82. The van der Waals surface area contributed by atoms with Crippen molar-refractivity contribution in [2.45, 2.75) is 51.4 Å². The quantitative estimate of drug-likeness (QED) is 0.812. The van der Waals surface area contributed by atoms with Crippen LogP contribution in [0.3, 0.4) is 0 Å². The van der Waals surface area contributed by atoms with Gasteiger partial charge in [0.1, 0.15) is 5.82 Å². The molecule has 1 heterocycles. The third kappa shape index (κ3) is 2.65. The number of hydrogen-bond donors (Lipinski definition) is 2. The molecule has 2 rings (SSSR count). The lowest BCUT2D eigenvalue weighted by Gasteiger charge is -2.29. The predicted octanol–water partition coefficient (Wildman–Crippen LogP) is 2.97. The summed E-state index contributed by atoms with van der Waals surface area (Å²) in [6, 6.07) is 0. The van der Waals surface area contributed by atoms with Crippen LogP contribution in [0.4, 0.5) is 5.95 Å². The maximum Gasteiger partial charge on any atom is 0.224 e. The van der Waals surface area contributed by atoms with Crippen LogP contribution in [0.15, 0.2) is 0 Å². The monoisotopic (exact) mass is 252 g/mol. The second kappa shape index (κ2) is 4.72. The molecule has 0 unspecified atom stereocenters. The van der Waals surface area contributed by atoms with Crippen LogP contribution < -0.4 is 5.73 Å². The zero-order chi connectivity index (χ0) is 12.5. The summed E-state index contributed by atoms with van der Waals surface area (Å²) >= 11 is 5.06. The zero-order valence-electron chi connectivity index (χ0n) is 10.5. The van der Waals surface area contributed by atoms with Crippen molar-refractivity contribution in [3.8, 4) is 0 Å². The molecule has 5 heteroatoms. The highest BCUT2D eigenvalue weighted by Crippen LogP contribution is 2.44. The number of H-pyrrole nitrogens is 1. The molecule has 1 aliphatic carbocycles. The molecule has 3 N–H and O–H groups in total. The van der Waals surface area contributed by atoms with Crippen LogP contribution in [0.5, 0.6) is 0 Å². The van der Waals surface area contributed by atoms with Crippen LogP contribution in [0.25, 0.3) is 0 Å². The first-order chi connectivity index (χ1) is 8.02. The Morgan fingerprint density at radius 2 is 2.00 bits per heavy atom. The first kappa shape index (κ1) is 12.5. The molecule has 4 nitrogen and oxygen atoms in total. The fraction of sp³-hybridized carbons (Fsp3) is 0.750. The summed E-state index contributed by atoms with van der Waals surface area (Å²) in [4.78, 5) is 11.5. The standard InChI is InChI=1S/C12H20N4S/c1-8(2)7-12(5-3-4-6-12)9-14-10(13)16-11(17)15-9/h8H,3-7H2,1-2H3,(H3,13,14,15,16,17). The fourth-order valence-electron chi connectivity index (χ4n) is 3.02. The van der Waals surface area contributed by atoms with Crippen LogP contribution in [-0.4, -0.2) is 15.0 Å². The van der Waals surface area contributed by atoms with E-state index >= 15 is 0 Å². The molecule has 0 saturated heterocycles. The summed E-state index contributed by atoms with van der Waals surface area (Å²) in [5.74, 6) is 1.97. The Kier molecular flexibility index (Phi) is 3.47. The number of nitrogens with zero attached hydrogens (tertiary/aromatic N) is 2. The largest absolute Gasteiger partial charge is 0.369 e. The molecule has 94 valence electrons. The van der Waals surface area contributed by atoms with E-state index in [4.69, 9.17) is 18.0 Å². The third-order valence-electron chi connectivity index (χ3n) is 3.53. The molecule has 0 bridgehead atoms. The molecule has 17 heavy (non-hydrogen) atoms. The Labute approximate surface area is 107 Å². The average molecular weight is 252 g/mol. The zero-order valence-corrected chi connectivity index (χ0v) is 11.3. The first-order valence-corrected chi connectivity index (χ1v) is 6.67. The first-order valence-electron chi connectivity index (χ1n) is 6.26. The van der Waals surface area contributed by atoms with Gasteiger partial charge in [-0.25, -0.2) is 4.98 Å². The van der Waals surface area contributed by atoms with Gasteiger partial charge < -0.3 is 10.7 Å². The Morgan fingerprint density at radius 1 is 1.35 bits per heavy atom. The summed E-state index contributed by atoms with van der Waals surface area (Å²) in [7, 11) is 0. The lowest BCUT2D eigenvalue weighted by Crippen LogP contribution is -2.28.